The van der Waals surface area contributed by atoms with Crippen LogP contribution in [0.1, 0.15) is 30.6 Å². The van der Waals surface area contributed by atoms with E-state index in [1.807, 2.05) is 6.92 Å². The van der Waals surface area contributed by atoms with E-state index in [-0.39, 0.29) is 22.9 Å². The minimum absolute atomic E-state index is 0.0984. The first-order valence-electron chi connectivity index (χ1n) is 6.17. The molecule has 0 aliphatic rings. The molecule has 0 bridgehead atoms. The lowest BCUT2D eigenvalue weighted by atomic mass is 10.2. The standard InChI is InChI=1S/C13H16N2O5/c1-3-6-14-13(17)9(2)20-12-7-10(8-16)4-5-11(12)15(18)19/h4-5,7-9H,3,6H2,1-2H3,(H,14,17). The Bertz CT molecular complexity index is 515. The third-order valence-electron chi connectivity index (χ3n) is 2.54. The van der Waals surface area contributed by atoms with Gasteiger partial charge in [0.05, 0.1) is 4.92 Å². The van der Waals surface area contributed by atoms with E-state index in [1.165, 1.54) is 25.1 Å². The van der Waals surface area contributed by atoms with E-state index in [4.69, 9.17) is 4.74 Å². The maximum absolute atomic E-state index is 11.7. The maximum atomic E-state index is 11.7. The predicted octanol–water partition coefficient (Wildman–Crippen LogP) is 1.70. The number of hydrogen-bond donors (Lipinski definition) is 1. The van der Waals surface area contributed by atoms with Crippen molar-refractivity contribution in [2.45, 2.75) is 26.4 Å². The Morgan fingerprint density at radius 3 is 2.80 bits per heavy atom. The predicted molar refractivity (Wildman–Crippen MR) is 71.9 cm³/mol. The van der Waals surface area contributed by atoms with Gasteiger partial charge in [-0.2, -0.15) is 0 Å². The average molecular weight is 280 g/mol. The van der Waals surface area contributed by atoms with E-state index in [0.717, 1.165) is 6.42 Å². The zero-order valence-electron chi connectivity index (χ0n) is 11.3. The van der Waals surface area contributed by atoms with Crippen molar-refractivity contribution < 1.29 is 19.2 Å². The molecule has 0 saturated carbocycles. The second-order valence-corrected chi connectivity index (χ2v) is 4.15. The van der Waals surface area contributed by atoms with Gasteiger partial charge in [-0.25, -0.2) is 0 Å². The highest BCUT2D eigenvalue weighted by atomic mass is 16.6. The van der Waals surface area contributed by atoms with Gasteiger partial charge in [0.1, 0.15) is 6.29 Å². The van der Waals surface area contributed by atoms with Gasteiger partial charge >= 0.3 is 5.69 Å². The minimum Gasteiger partial charge on any atom is -0.474 e. The normalized spacial score (nSPS) is 11.5. The number of amides is 1. The highest BCUT2D eigenvalue weighted by molar-refractivity contribution is 5.81. The van der Waals surface area contributed by atoms with Gasteiger partial charge in [-0.1, -0.05) is 6.92 Å². The number of nitro groups is 1. The molecule has 0 aromatic heterocycles. The first-order valence-corrected chi connectivity index (χ1v) is 6.17. The Labute approximate surface area is 116 Å². The quantitative estimate of drug-likeness (QED) is 0.465. The van der Waals surface area contributed by atoms with Crippen molar-refractivity contribution in [3.8, 4) is 5.75 Å². The number of hydrogen-bond acceptors (Lipinski definition) is 5. The largest absolute Gasteiger partial charge is 0.474 e. The summed E-state index contributed by atoms with van der Waals surface area (Å²) in [5, 5.41) is 13.5. The molecule has 1 atom stereocenters. The number of nitro benzene ring substituents is 1. The van der Waals surface area contributed by atoms with Gasteiger partial charge in [-0.3, -0.25) is 19.7 Å². The van der Waals surface area contributed by atoms with Gasteiger partial charge < -0.3 is 10.1 Å². The molecule has 1 rings (SSSR count). The van der Waals surface area contributed by atoms with Gasteiger partial charge in [0.15, 0.2) is 11.9 Å². The van der Waals surface area contributed by atoms with Crippen molar-refractivity contribution in [2.24, 2.45) is 0 Å². The molecule has 1 N–H and O–H groups in total. The molecule has 0 fully saturated rings. The van der Waals surface area contributed by atoms with Crippen LogP contribution in [-0.2, 0) is 4.79 Å². The van der Waals surface area contributed by atoms with E-state index in [9.17, 15) is 19.7 Å². The zero-order valence-corrected chi connectivity index (χ0v) is 11.3. The summed E-state index contributed by atoms with van der Waals surface area (Å²) in [6.45, 7) is 3.90. The molecule has 0 radical (unpaired) electrons. The Hall–Kier alpha value is -2.44. The second kappa shape index (κ2) is 7.22. The van der Waals surface area contributed by atoms with Crippen molar-refractivity contribution in [2.75, 3.05) is 6.54 Å². The van der Waals surface area contributed by atoms with Crippen LogP contribution in [0, 0.1) is 10.1 Å². The smallest absolute Gasteiger partial charge is 0.310 e. The van der Waals surface area contributed by atoms with E-state index in [0.29, 0.717) is 12.8 Å². The summed E-state index contributed by atoms with van der Waals surface area (Å²) in [6, 6.07) is 3.74. The molecule has 0 spiro atoms. The molecular formula is C13H16N2O5. The number of rotatable bonds is 7. The van der Waals surface area contributed by atoms with Gasteiger partial charge in [0.25, 0.3) is 5.91 Å². The molecule has 20 heavy (non-hydrogen) atoms. The van der Waals surface area contributed by atoms with E-state index < -0.39 is 11.0 Å². The lowest BCUT2D eigenvalue weighted by Crippen LogP contribution is -2.36. The fourth-order valence-corrected chi connectivity index (χ4v) is 1.49. The van der Waals surface area contributed by atoms with E-state index in [2.05, 4.69) is 5.32 Å². The molecule has 0 saturated heterocycles. The van der Waals surface area contributed by atoms with E-state index in [1.54, 1.807) is 0 Å². The molecule has 7 nitrogen and oxygen atoms in total. The Morgan fingerprint density at radius 1 is 1.55 bits per heavy atom. The molecule has 1 aromatic carbocycles. The van der Waals surface area contributed by atoms with Crippen LogP contribution in [0.3, 0.4) is 0 Å². The molecule has 0 aliphatic carbocycles. The lowest BCUT2D eigenvalue weighted by molar-refractivity contribution is -0.386. The summed E-state index contributed by atoms with van der Waals surface area (Å²) in [7, 11) is 0. The fourth-order valence-electron chi connectivity index (χ4n) is 1.49. The van der Waals surface area contributed by atoms with Crippen molar-refractivity contribution in [1.82, 2.24) is 5.32 Å². The van der Waals surface area contributed by atoms with Crippen molar-refractivity contribution >= 4 is 17.9 Å². The molecule has 1 aromatic rings. The number of aldehydes is 1. The number of nitrogens with one attached hydrogen (secondary N) is 1. The Balaban J connectivity index is 2.91. The third kappa shape index (κ3) is 4.04. The van der Waals surface area contributed by atoms with Crippen LogP contribution in [0.4, 0.5) is 5.69 Å². The van der Waals surface area contributed by atoms with Gasteiger partial charge in [-0.15, -0.1) is 0 Å². The molecule has 1 unspecified atom stereocenters. The van der Waals surface area contributed by atoms with Crippen LogP contribution in [0.15, 0.2) is 18.2 Å². The fraction of sp³-hybridized carbons (Fsp3) is 0.385. The summed E-state index contributed by atoms with van der Waals surface area (Å²) < 4.78 is 5.30. The van der Waals surface area contributed by atoms with Gasteiger partial charge in [0.2, 0.25) is 0 Å². The minimum atomic E-state index is -0.887. The first-order chi connectivity index (χ1) is 9.49. The number of carbonyl (C=O) groups excluding carboxylic acids is 2. The third-order valence-corrected chi connectivity index (χ3v) is 2.54. The number of carbonyl (C=O) groups is 2. The van der Waals surface area contributed by atoms with Crippen LogP contribution >= 0.6 is 0 Å². The van der Waals surface area contributed by atoms with Crippen LogP contribution in [0.5, 0.6) is 5.75 Å². The highest BCUT2D eigenvalue weighted by Gasteiger charge is 2.21. The SMILES string of the molecule is CCCNC(=O)C(C)Oc1cc(C=O)ccc1[N+](=O)[O-]. The molecule has 0 aliphatic heterocycles. The number of nitrogens with zero attached hydrogens (tertiary/aromatic N) is 1. The van der Waals surface area contributed by atoms with E-state index >= 15 is 0 Å². The first kappa shape index (κ1) is 15.6. The highest BCUT2D eigenvalue weighted by Crippen LogP contribution is 2.28. The molecule has 108 valence electrons. The number of benzene rings is 1. The topological polar surface area (TPSA) is 98.5 Å². The molecule has 0 heterocycles. The lowest BCUT2D eigenvalue weighted by Gasteiger charge is -2.14. The molecular weight excluding hydrogens is 264 g/mol. The van der Waals surface area contributed by atoms with Crippen LogP contribution < -0.4 is 10.1 Å². The van der Waals surface area contributed by atoms with Crippen LogP contribution in [-0.4, -0.2) is 29.8 Å². The maximum Gasteiger partial charge on any atom is 0.310 e. The summed E-state index contributed by atoms with van der Waals surface area (Å²) in [5.74, 6) is -0.462. The summed E-state index contributed by atoms with van der Waals surface area (Å²) in [4.78, 5) is 32.6. The van der Waals surface area contributed by atoms with Crippen molar-refractivity contribution in [3.05, 3.63) is 33.9 Å². The Morgan fingerprint density at radius 2 is 2.25 bits per heavy atom. The number of ether oxygens (including phenoxy) is 1. The summed E-state index contributed by atoms with van der Waals surface area (Å²) in [6.07, 6.45) is 0.444. The van der Waals surface area contributed by atoms with Crippen LogP contribution in [0.2, 0.25) is 0 Å². The second-order valence-electron chi connectivity index (χ2n) is 4.15. The average Bonchev–Trinajstić information content (AvgIpc) is 2.44. The van der Waals surface area contributed by atoms with Gasteiger partial charge in [-0.05, 0) is 25.5 Å². The van der Waals surface area contributed by atoms with Gasteiger partial charge in [0, 0.05) is 18.2 Å². The Kier molecular flexibility index (Phi) is 5.64. The summed E-state index contributed by atoms with van der Waals surface area (Å²) >= 11 is 0. The van der Waals surface area contributed by atoms with Crippen molar-refractivity contribution in [1.29, 1.82) is 0 Å². The monoisotopic (exact) mass is 280 g/mol. The summed E-state index contributed by atoms with van der Waals surface area (Å²) in [5.41, 5.74) is -0.0440. The van der Waals surface area contributed by atoms with Crippen LogP contribution in [0.25, 0.3) is 0 Å². The van der Waals surface area contributed by atoms with Crippen molar-refractivity contribution in [3.63, 3.8) is 0 Å². The zero-order chi connectivity index (χ0) is 15.1. The molecule has 1 amide bonds. The molecule has 7 heteroatoms.